The zero-order chi connectivity index (χ0) is 18.0. The number of carbonyl (C=O) groups is 1. The number of aromatic nitrogens is 2. The number of nitro groups is 1. The van der Waals surface area contributed by atoms with Gasteiger partial charge in [-0.3, -0.25) is 14.7 Å². The molecule has 0 amide bonds. The summed E-state index contributed by atoms with van der Waals surface area (Å²) in [6.45, 7) is 3.03. The summed E-state index contributed by atoms with van der Waals surface area (Å²) in [5.74, 6) is 0.364. The highest BCUT2D eigenvalue weighted by atomic mass is 16.6. The van der Waals surface area contributed by atoms with Gasteiger partial charge in [-0.25, -0.2) is 9.78 Å². The number of aryl methyl sites for hydroxylation is 1. The highest BCUT2D eigenvalue weighted by molar-refractivity contribution is 5.92. The molecule has 1 saturated heterocycles. The van der Waals surface area contributed by atoms with Crippen LogP contribution in [0.1, 0.15) is 40.5 Å². The van der Waals surface area contributed by atoms with Gasteiger partial charge < -0.3 is 9.47 Å². The molecular weight excluding hydrogens is 326 g/mol. The minimum absolute atomic E-state index is 0.155. The third-order valence-electron chi connectivity index (χ3n) is 4.44. The predicted octanol–water partition coefficient (Wildman–Crippen LogP) is 2.77. The summed E-state index contributed by atoms with van der Waals surface area (Å²) in [7, 11) is 1.25. The minimum Gasteiger partial charge on any atom is -0.465 e. The van der Waals surface area contributed by atoms with Gasteiger partial charge in [0.15, 0.2) is 0 Å². The fourth-order valence-electron chi connectivity index (χ4n) is 3.13. The number of rotatable bonds is 4. The molecule has 0 spiro atoms. The van der Waals surface area contributed by atoms with Crippen LogP contribution in [0.25, 0.3) is 5.69 Å². The maximum absolute atomic E-state index is 11.8. The van der Waals surface area contributed by atoms with Gasteiger partial charge in [0.25, 0.3) is 5.69 Å². The van der Waals surface area contributed by atoms with Crippen molar-refractivity contribution in [2.75, 3.05) is 20.3 Å². The molecule has 1 aliphatic rings. The molecule has 132 valence electrons. The molecule has 1 fully saturated rings. The number of ether oxygens (including phenoxy) is 2. The van der Waals surface area contributed by atoms with Crippen LogP contribution in [0, 0.1) is 17.0 Å². The van der Waals surface area contributed by atoms with Gasteiger partial charge >= 0.3 is 5.97 Å². The van der Waals surface area contributed by atoms with Crippen LogP contribution >= 0.6 is 0 Å². The smallest absolute Gasteiger partial charge is 0.338 e. The number of esters is 1. The first-order chi connectivity index (χ1) is 12.0. The van der Waals surface area contributed by atoms with Crippen molar-refractivity contribution in [1.29, 1.82) is 0 Å². The highest BCUT2D eigenvalue weighted by Gasteiger charge is 2.26. The lowest BCUT2D eigenvalue weighted by Crippen LogP contribution is -2.18. The quantitative estimate of drug-likeness (QED) is 0.480. The van der Waals surface area contributed by atoms with Crippen molar-refractivity contribution in [3.8, 4) is 5.69 Å². The molecule has 0 radical (unpaired) electrons. The van der Waals surface area contributed by atoms with Gasteiger partial charge in [-0.05, 0) is 31.4 Å². The van der Waals surface area contributed by atoms with E-state index in [1.807, 2.05) is 0 Å². The Morgan fingerprint density at radius 1 is 1.40 bits per heavy atom. The summed E-state index contributed by atoms with van der Waals surface area (Å²) in [5, 5.41) is 11.6. The normalized spacial score (nSPS) is 15.1. The average molecular weight is 345 g/mol. The van der Waals surface area contributed by atoms with Gasteiger partial charge in [0.2, 0.25) is 0 Å². The van der Waals surface area contributed by atoms with Crippen molar-refractivity contribution in [1.82, 2.24) is 9.55 Å². The van der Waals surface area contributed by atoms with Gasteiger partial charge in [-0.2, -0.15) is 0 Å². The van der Waals surface area contributed by atoms with E-state index in [4.69, 9.17) is 9.47 Å². The second-order valence-electron chi connectivity index (χ2n) is 5.95. The molecule has 25 heavy (non-hydrogen) atoms. The average Bonchev–Trinajstić information content (AvgIpc) is 3.11. The summed E-state index contributed by atoms with van der Waals surface area (Å²) in [6.07, 6.45) is 5.00. The molecule has 2 heterocycles. The Labute approximate surface area is 144 Å². The van der Waals surface area contributed by atoms with Gasteiger partial charge in [0.1, 0.15) is 11.5 Å². The fourth-order valence-corrected chi connectivity index (χ4v) is 3.13. The van der Waals surface area contributed by atoms with Crippen LogP contribution in [0.2, 0.25) is 0 Å². The van der Waals surface area contributed by atoms with Crippen LogP contribution in [0.4, 0.5) is 5.69 Å². The third-order valence-corrected chi connectivity index (χ3v) is 4.44. The van der Waals surface area contributed by atoms with Crippen molar-refractivity contribution in [3.05, 3.63) is 51.6 Å². The monoisotopic (exact) mass is 345 g/mol. The first-order valence-corrected chi connectivity index (χ1v) is 8.01. The molecule has 1 aliphatic heterocycles. The lowest BCUT2D eigenvalue weighted by molar-refractivity contribution is -0.384. The van der Waals surface area contributed by atoms with Crippen molar-refractivity contribution < 1.29 is 19.2 Å². The summed E-state index contributed by atoms with van der Waals surface area (Å²) in [6, 6.07) is 2.90. The van der Waals surface area contributed by atoms with E-state index in [1.54, 1.807) is 30.0 Å². The zero-order valence-electron chi connectivity index (χ0n) is 14.1. The van der Waals surface area contributed by atoms with Gasteiger partial charge in [0, 0.05) is 37.6 Å². The molecule has 0 unspecified atom stereocenters. The molecule has 8 heteroatoms. The highest BCUT2D eigenvalue weighted by Crippen LogP contribution is 2.32. The van der Waals surface area contributed by atoms with Crippen LogP contribution in [0.5, 0.6) is 0 Å². The first-order valence-electron chi connectivity index (χ1n) is 8.01. The standard InChI is InChI=1S/C17H19N3O5/c1-11-9-14(15(20(22)23)10-13(11)17(21)24-2)19-6-5-18-16(19)12-3-7-25-8-4-12/h5-6,9-10,12H,3-4,7-8H2,1-2H3. The summed E-state index contributed by atoms with van der Waals surface area (Å²) in [5.41, 5.74) is 1.04. The van der Waals surface area contributed by atoms with Gasteiger partial charge in [-0.1, -0.05) is 0 Å². The molecule has 0 aliphatic carbocycles. The van der Waals surface area contributed by atoms with Crippen LogP contribution in [-0.4, -0.2) is 40.8 Å². The lowest BCUT2D eigenvalue weighted by atomic mass is 9.99. The predicted molar refractivity (Wildman–Crippen MR) is 89.1 cm³/mol. The number of benzene rings is 1. The second-order valence-corrected chi connectivity index (χ2v) is 5.95. The van der Waals surface area contributed by atoms with E-state index in [-0.39, 0.29) is 17.2 Å². The molecular formula is C17H19N3O5. The van der Waals surface area contributed by atoms with E-state index in [0.717, 1.165) is 18.7 Å². The molecule has 8 nitrogen and oxygen atoms in total. The Morgan fingerprint density at radius 2 is 2.12 bits per heavy atom. The van der Waals surface area contributed by atoms with Crippen LogP contribution in [0.3, 0.4) is 0 Å². The summed E-state index contributed by atoms with van der Waals surface area (Å²) < 4.78 is 11.8. The maximum atomic E-state index is 11.8. The SMILES string of the molecule is COC(=O)c1cc([N+](=O)[O-])c(-n2ccnc2C2CCOCC2)cc1C. The van der Waals surface area contributed by atoms with Crippen molar-refractivity contribution >= 4 is 11.7 Å². The summed E-state index contributed by atoms with van der Waals surface area (Å²) in [4.78, 5) is 27.3. The van der Waals surface area contributed by atoms with E-state index in [1.165, 1.54) is 13.2 Å². The molecule has 0 bridgehead atoms. The Hall–Kier alpha value is -2.74. The Bertz CT molecular complexity index is 809. The topological polar surface area (TPSA) is 96.5 Å². The van der Waals surface area contributed by atoms with Gasteiger partial charge in [-0.15, -0.1) is 0 Å². The first kappa shape index (κ1) is 17.1. The lowest BCUT2D eigenvalue weighted by Gasteiger charge is -2.22. The van der Waals surface area contributed by atoms with E-state index in [0.29, 0.717) is 24.5 Å². The number of methoxy groups -OCH3 is 1. The zero-order valence-corrected chi connectivity index (χ0v) is 14.1. The molecule has 3 rings (SSSR count). The Balaban J connectivity index is 2.11. The van der Waals surface area contributed by atoms with Crippen molar-refractivity contribution in [2.45, 2.75) is 25.7 Å². The third kappa shape index (κ3) is 3.25. The van der Waals surface area contributed by atoms with Crippen LogP contribution in [-0.2, 0) is 9.47 Å². The number of hydrogen-bond donors (Lipinski definition) is 0. The molecule has 2 aromatic rings. The second kappa shape index (κ2) is 7.02. The number of hydrogen-bond acceptors (Lipinski definition) is 6. The fraction of sp³-hybridized carbons (Fsp3) is 0.412. The number of nitrogens with zero attached hydrogens (tertiary/aromatic N) is 3. The van der Waals surface area contributed by atoms with Crippen LogP contribution in [0.15, 0.2) is 24.5 Å². The molecule has 1 aromatic carbocycles. The molecule has 1 aromatic heterocycles. The van der Waals surface area contributed by atoms with Crippen LogP contribution < -0.4 is 0 Å². The Kier molecular flexibility index (Phi) is 4.80. The molecule has 0 atom stereocenters. The van der Waals surface area contributed by atoms with Gasteiger partial charge in [0.05, 0.1) is 17.6 Å². The Morgan fingerprint density at radius 3 is 2.76 bits per heavy atom. The van der Waals surface area contributed by atoms with E-state index in [2.05, 4.69) is 4.98 Å². The van der Waals surface area contributed by atoms with Crippen molar-refractivity contribution in [2.24, 2.45) is 0 Å². The number of carbonyl (C=O) groups excluding carboxylic acids is 1. The minimum atomic E-state index is -0.595. The van der Waals surface area contributed by atoms with E-state index in [9.17, 15) is 14.9 Å². The summed E-state index contributed by atoms with van der Waals surface area (Å²) >= 11 is 0. The number of nitro benzene ring substituents is 1. The molecule has 0 N–H and O–H groups in total. The van der Waals surface area contributed by atoms with Crippen molar-refractivity contribution in [3.63, 3.8) is 0 Å². The number of imidazole rings is 1. The largest absolute Gasteiger partial charge is 0.465 e. The van der Waals surface area contributed by atoms with E-state index < -0.39 is 10.9 Å². The molecule has 0 saturated carbocycles. The van der Waals surface area contributed by atoms with E-state index >= 15 is 0 Å². The maximum Gasteiger partial charge on any atom is 0.338 e.